The summed E-state index contributed by atoms with van der Waals surface area (Å²) >= 11 is 0. The Hall–Kier alpha value is -2.89. The monoisotopic (exact) mass is 310 g/mol. The second-order valence-corrected chi connectivity index (χ2v) is 5.63. The number of carbonyl (C=O) groups is 1. The van der Waals surface area contributed by atoms with Gasteiger partial charge in [-0.2, -0.15) is 0 Å². The van der Waals surface area contributed by atoms with Crippen molar-refractivity contribution in [1.82, 2.24) is 14.7 Å². The minimum atomic E-state index is -0.206. The number of hydrogen-bond acceptors (Lipinski definition) is 4. The summed E-state index contributed by atoms with van der Waals surface area (Å²) in [5, 5.41) is 6.79. The van der Waals surface area contributed by atoms with Crippen LogP contribution in [0, 0.1) is 6.92 Å². The smallest absolute Gasteiger partial charge is 0.261 e. The van der Waals surface area contributed by atoms with E-state index < -0.39 is 0 Å². The Labute approximate surface area is 134 Å². The molecule has 1 aromatic carbocycles. The molecular formula is C17H18N4O2. The number of imidazole rings is 1. The van der Waals surface area contributed by atoms with Gasteiger partial charge in [0.25, 0.3) is 5.91 Å². The second-order valence-electron chi connectivity index (χ2n) is 5.63. The minimum Gasteiger partial charge on any atom is -0.360 e. The fourth-order valence-corrected chi connectivity index (χ4v) is 2.38. The highest BCUT2D eigenvalue weighted by Gasteiger charge is 2.22. The molecule has 2 aromatic heterocycles. The molecule has 0 saturated carbocycles. The molecule has 0 spiro atoms. The molecule has 0 aliphatic carbocycles. The van der Waals surface area contributed by atoms with E-state index in [9.17, 15) is 4.79 Å². The standard InChI is InChI=1S/C17H18N4O2/c1-11(2)16-15(12(3)20-23-16)17(22)19-13-4-6-14(7-5-13)21-9-8-18-10-21/h4-11H,1-3H3,(H,19,22). The van der Waals surface area contributed by atoms with E-state index in [4.69, 9.17) is 4.52 Å². The highest BCUT2D eigenvalue weighted by Crippen LogP contribution is 2.23. The molecule has 3 aromatic rings. The maximum absolute atomic E-state index is 12.5. The van der Waals surface area contributed by atoms with Crippen LogP contribution in [-0.2, 0) is 0 Å². The van der Waals surface area contributed by atoms with E-state index in [0.717, 1.165) is 5.69 Å². The van der Waals surface area contributed by atoms with Crippen molar-refractivity contribution in [3.63, 3.8) is 0 Å². The molecule has 3 rings (SSSR count). The predicted octanol–water partition coefficient (Wildman–Crippen LogP) is 3.54. The van der Waals surface area contributed by atoms with Gasteiger partial charge in [0.2, 0.25) is 0 Å². The van der Waals surface area contributed by atoms with E-state index in [0.29, 0.717) is 22.7 Å². The average Bonchev–Trinajstić information content (AvgIpc) is 3.17. The second kappa shape index (κ2) is 6.08. The number of aryl methyl sites for hydroxylation is 1. The van der Waals surface area contributed by atoms with Crippen LogP contribution in [0.2, 0.25) is 0 Å². The fraction of sp³-hybridized carbons (Fsp3) is 0.235. The summed E-state index contributed by atoms with van der Waals surface area (Å²) in [6, 6.07) is 7.54. The number of carbonyl (C=O) groups excluding carboxylic acids is 1. The molecule has 0 saturated heterocycles. The largest absolute Gasteiger partial charge is 0.360 e. The Kier molecular flexibility index (Phi) is 3.97. The Balaban J connectivity index is 1.80. The van der Waals surface area contributed by atoms with Gasteiger partial charge in [0.05, 0.1) is 12.0 Å². The van der Waals surface area contributed by atoms with Crippen molar-refractivity contribution in [3.05, 3.63) is 60.0 Å². The molecule has 0 aliphatic heterocycles. The van der Waals surface area contributed by atoms with Gasteiger partial charge in [0.1, 0.15) is 5.56 Å². The van der Waals surface area contributed by atoms with Gasteiger partial charge in [-0.3, -0.25) is 4.79 Å². The Bertz CT molecular complexity index is 802. The topological polar surface area (TPSA) is 73.0 Å². The molecule has 0 unspecified atom stereocenters. The molecule has 0 radical (unpaired) electrons. The summed E-state index contributed by atoms with van der Waals surface area (Å²) in [6.45, 7) is 5.71. The van der Waals surface area contributed by atoms with Crippen molar-refractivity contribution in [3.8, 4) is 5.69 Å². The normalized spacial score (nSPS) is 11.0. The van der Waals surface area contributed by atoms with Gasteiger partial charge in [-0.15, -0.1) is 0 Å². The Morgan fingerprint density at radius 3 is 2.61 bits per heavy atom. The zero-order valence-electron chi connectivity index (χ0n) is 13.3. The number of aromatic nitrogens is 3. The van der Waals surface area contributed by atoms with E-state index >= 15 is 0 Å². The zero-order valence-corrected chi connectivity index (χ0v) is 13.3. The first kappa shape index (κ1) is 15.0. The van der Waals surface area contributed by atoms with Crippen LogP contribution in [0.5, 0.6) is 0 Å². The molecule has 0 bridgehead atoms. The van der Waals surface area contributed by atoms with Gasteiger partial charge in [-0.05, 0) is 31.2 Å². The highest BCUT2D eigenvalue weighted by atomic mass is 16.5. The van der Waals surface area contributed by atoms with E-state index in [-0.39, 0.29) is 11.8 Å². The first-order valence-corrected chi connectivity index (χ1v) is 7.42. The van der Waals surface area contributed by atoms with Crippen LogP contribution in [0.1, 0.15) is 41.6 Å². The lowest BCUT2D eigenvalue weighted by Crippen LogP contribution is -2.14. The summed E-state index contributed by atoms with van der Waals surface area (Å²) in [5.41, 5.74) is 2.80. The third kappa shape index (κ3) is 3.01. The number of rotatable bonds is 4. The predicted molar refractivity (Wildman–Crippen MR) is 86.8 cm³/mol. The van der Waals surface area contributed by atoms with E-state index in [1.54, 1.807) is 19.4 Å². The molecular weight excluding hydrogens is 292 g/mol. The van der Waals surface area contributed by atoms with Crippen LogP contribution in [-0.4, -0.2) is 20.6 Å². The number of amides is 1. The van der Waals surface area contributed by atoms with E-state index in [1.165, 1.54) is 0 Å². The summed E-state index contributed by atoms with van der Waals surface area (Å²) in [4.78, 5) is 16.5. The Morgan fingerprint density at radius 2 is 2.00 bits per heavy atom. The summed E-state index contributed by atoms with van der Waals surface area (Å²) in [7, 11) is 0. The van der Waals surface area contributed by atoms with Gasteiger partial charge in [0, 0.05) is 29.7 Å². The van der Waals surface area contributed by atoms with Crippen LogP contribution >= 0.6 is 0 Å². The molecule has 6 nitrogen and oxygen atoms in total. The van der Waals surface area contributed by atoms with Crippen molar-refractivity contribution in [2.75, 3.05) is 5.32 Å². The van der Waals surface area contributed by atoms with Gasteiger partial charge in [-0.1, -0.05) is 19.0 Å². The molecule has 0 atom stereocenters. The van der Waals surface area contributed by atoms with E-state index in [1.807, 2.05) is 48.9 Å². The molecule has 1 amide bonds. The van der Waals surface area contributed by atoms with Crippen LogP contribution < -0.4 is 5.32 Å². The summed E-state index contributed by atoms with van der Waals surface area (Å²) in [5.74, 6) is 0.499. The number of hydrogen-bond donors (Lipinski definition) is 1. The van der Waals surface area contributed by atoms with Gasteiger partial charge in [-0.25, -0.2) is 4.98 Å². The fourth-order valence-electron chi connectivity index (χ4n) is 2.38. The van der Waals surface area contributed by atoms with Gasteiger partial charge in [0.15, 0.2) is 5.76 Å². The van der Waals surface area contributed by atoms with Crippen molar-refractivity contribution in [2.24, 2.45) is 0 Å². The molecule has 2 heterocycles. The van der Waals surface area contributed by atoms with Crippen molar-refractivity contribution in [1.29, 1.82) is 0 Å². The maximum Gasteiger partial charge on any atom is 0.261 e. The lowest BCUT2D eigenvalue weighted by atomic mass is 10.0. The lowest BCUT2D eigenvalue weighted by molar-refractivity contribution is 0.102. The lowest BCUT2D eigenvalue weighted by Gasteiger charge is -2.08. The third-order valence-corrected chi connectivity index (χ3v) is 3.57. The third-order valence-electron chi connectivity index (χ3n) is 3.57. The quantitative estimate of drug-likeness (QED) is 0.800. The first-order chi connectivity index (χ1) is 11.1. The number of nitrogens with zero attached hydrogens (tertiary/aromatic N) is 3. The van der Waals surface area contributed by atoms with E-state index in [2.05, 4.69) is 15.5 Å². The van der Waals surface area contributed by atoms with Gasteiger partial charge >= 0.3 is 0 Å². The zero-order chi connectivity index (χ0) is 16.4. The minimum absolute atomic E-state index is 0.0977. The SMILES string of the molecule is Cc1noc(C(C)C)c1C(=O)Nc1ccc(-n2ccnc2)cc1. The molecule has 23 heavy (non-hydrogen) atoms. The molecule has 1 N–H and O–H groups in total. The van der Waals surface area contributed by atoms with Crippen molar-refractivity contribution >= 4 is 11.6 Å². The van der Waals surface area contributed by atoms with Crippen LogP contribution in [0.3, 0.4) is 0 Å². The molecule has 6 heteroatoms. The summed E-state index contributed by atoms with van der Waals surface area (Å²) < 4.78 is 7.16. The van der Waals surface area contributed by atoms with Crippen LogP contribution in [0.4, 0.5) is 5.69 Å². The Morgan fingerprint density at radius 1 is 1.26 bits per heavy atom. The van der Waals surface area contributed by atoms with Crippen LogP contribution in [0.15, 0.2) is 47.5 Å². The molecule has 118 valence electrons. The highest BCUT2D eigenvalue weighted by molar-refractivity contribution is 6.05. The maximum atomic E-state index is 12.5. The molecule has 0 fully saturated rings. The number of benzene rings is 1. The number of nitrogens with one attached hydrogen (secondary N) is 1. The first-order valence-electron chi connectivity index (χ1n) is 7.42. The molecule has 0 aliphatic rings. The van der Waals surface area contributed by atoms with Crippen LogP contribution in [0.25, 0.3) is 5.69 Å². The van der Waals surface area contributed by atoms with Crippen molar-refractivity contribution < 1.29 is 9.32 Å². The van der Waals surface area contributed by atoms with Crippen molar-refractivity contribution in [2.45, 2.75) is 26.7 Å². The van der Waals surface area contributed by atoms with Gasteiger partial charge < -0.3 is 14.4 Å². The summed E-state index contributed by atoms with van der Waals surface area (Å²) in [6.07, 6.45) is 5.31. The average molecular weight is 310 g/mol. The number of anilines is 1.